The van der Waals surface area contributed by atoms with E-state index in [-0.39, 0.29) is 12.2 Å². The highest BCUT2D eigenvalue weighted by atomic mass is 16.6. The predicted molar refractivity (Wildman–Crippen MR) is 74.2 cm³/mol. The van der Waals surface area contributed by atoms with Gasteiger partial charge in [-0.2, -0.15) is 0 Å². The summed E-state index contributed by atoms with van der Waals surface area (Å²) >= 11 is 0. The smallest absolute Gasteiger partial charge is 0.411 e. The van der Waals surface area contributed by atoms with Gasteiger partial charge in [-0.05, 0) is 56.5 Å². The van der Waals surface area contributed by atoms with Crippen LogP contribution in [0.15, 0.2) is 24.3 Å². The molecule has 1 atom stereocenters. The number of benzene rings is 1. The highest BCUT2D eigenvalue weighted by Crippen LogP contribution is 2.29. The summed E-state index contributed by atoms with van der Waals surface area (Å²) in [5.74, 6) is 0.549. The maximum absolute atomic E-state index is 11.9. The van der Waals surface area contributed by atoms with Crippen molar-refractivity contribution < 1.29 is 9.53 Å². The van der Waals surface area contributed by atoms with Gasteiger partial charge in [-0.1, -0.05) is 12.1 Å². The summed E-state index contributed by atoms with van der Waals surface area (Å²) in [4.78, 5) is 14.3. The van der Waals surface area contributed by atoms with E-state index in [2.05, 4.69) is 10.2 Å². The monoisotopic (exact) mass is 260 g/mol. The summed E-state index contributed by atoms with van der Waals surface area (Å²) in [7, 11) is 0. The summed E-state index contributed by atoms with van der Waals surface area (Å²) in [5, 5.41) is 2.81. The fourth-order valence-corrected chi connectivity index (χ4v) is 3.05. The third-order valence-electron chi connectivity index (χ3n) is 4.12. The molecule has 1 aromatic rings. The van der Waals surface area contributed by atoms with Crippen LogP contribution in [-0.4, -0.2) is 36.7 Å². The molecular weight excluding hydrogens is 240 g/mol. The Morgan fingerprint density at radius 2 is 2.16 bits per heavy atom. The Hall–Kier alpha value is -1.55. The summed E-state index contributed by atoms with van der Waals surface area (Å²) in [6.07, 6.45) is 2.04. The molecule has 1 amide bonds. The number of carbonyl (C=O) groups is 1. The number of carbonyl (C=O) groups excluding carboxylic acids is 1. The third-order valence-corrected chi connectivity index (χ3v) is 4.12. The zero-order chi connectivity index (χ0) is 13.2. The Bertz CT molecular complexity index is 467. The first-order chi connectivity index (χ1) is 9.20. The van der Waals surface area contributed by atoms with Crippen LogP contribution in [0.2, 0.25) is 0 Å². The van der Waals surface area contributed by atoms with Gasteiger partial charge in [0.05, 0.1) is 0 Å². The molecule has 3 saturated heterocycles. The number of anilines is 1. The molecule has 102 valence electrons. The summed E-state index contributed by atoms with van der Waals surface area (Å²) < 4.78 is 5.58. The largest absolute Gasteiger partial charge is 0.444 e. The van der Waals surface area contributed by atoms with Gasteiger partial charge in [-0.25, -0.2) is 4.79 Å². The molecule has 4 nitrogen and oxygen atoms in total. The van der Waals surface area contributed by atoms with E-state index in [1.54, 1.807) is 0 Å². The number of nitrogens with zero attached hydrogens (tertiary/aromatic N) is 1. The van der Waals surface area contributed by atoms with Crippen molar-refractivity contribution in [1.29, 1.82) is 0 Å². The van der Waals surface area contributed by atoms with Crippen molar-refractivity contribution >= 4 is 11.8 Å². The Labute approximate surface area is 113 Å². The quantitative estimate of drug-likeness (QED) is 0.888. The average Bonchev–Trinajstić information content (AvgIpc) is 2.40. The number of nitrogens with one attached hydrogen (secondary N) is 1. The fourth-order valence-electron chi connectivity index (χ4n) is 3.05. The lowest BCUT2D eigenvalue weighted by atomic mass is 9.86. The molecule has 4 rings (SSSR count). The second kappa shape index (κ2) is 5.21. The first-order valence-electron chi connectivity index (χ1n) is 6.97. The molecule has 0 radical (unpaired) electrons. The van der Waals surface area contributed by atoms with Gasteiger partial charge in [-0.15, -0.1) is 0 Å². The van der Waals surface area contributed by atoms with Crippen LogP contribution >= 0.6 is 0 Å². The van der Waals surface area contributed by atoms with E-state index in [9.17, 15) is 4.79 Å². The molecule has 0 unspecified atom stereocenters. The first kappa shape index (κ1) is 12.5. The number of ether oxygens (including phenoxy) is 1. The number of fused-ring (bicyclic) bond motifs is 3. The SMILES string of the molecule is Cc1cccc(NC(=O)O[C@@H]2CN3CCC2CC3)c1. The van der Waals surface area contributed by atoms with Crippen LogP contribution in [0.4, 0.5) is 10.5 Å². The van der Waals surface area contributed by atoms with Gasteiger partial charge in [0.2, 0.25) is 0 Å². The van der Waals surface area contributed by atoms with Gasteiger partial charge in [0, 0.05) is 12.2 Å². The lowest BCUT2D eigenvalue weighted by Crippen LogP contribution is -2.52. The normalized spacial score (nSPS) is 29.0. The lowest BCUT2D eigenvalue weighted by molar-refractivity contribution is -0.0289. The maximum atomic E-state index is 11.9. The van der Waals surface area contributed by atoms with E-state index in [0.717, 1.165) is 43.7 Å². The first-order valence-corrected chi connectivity index (χ1v) is 6.97. The van der Waals surface area contributed by atoms with Crippen LogP contribution in [0.1, 0.15) is 18.4 Å². The number of amides is 1. The maximum Gasteiger partial charge on any atom is 0.411 e. The molecule has 4 heteroatoms. The van der Waals surface area contributed by atoms with Crippen molar-refractivity contribution in [1.82, 2.24) is 4.90 Å². The number of aryl methyl sites for hydroxylation is 1. The minimum Gasteiger partial charge on any atom is -0.444 e. The molecule has 3 heterocycles. The molecule has 0 spiro atoms. The number of rotatable bonds is 2. The molecule has 2 bridgehead atoms. The third kappa shape index (κ3) is 2.89. The van der Waals surface area contributed by atoms with Crippen molar-refractivity contribution in [2.75, 3.05) is 25.0 Å². The van der Waals surface area contributed by atoms with Crippen molar-refractivity contribution in [3.63, 3.8) is 0 Å². The van der Waals surface area contributed by atoms with E-state index in [1.165, 1.54) is 0 Å². The number of hydrogen-bond acceptors (Lipinski definition) is 3. The number of piperidine rings is 3. The standard InChI is InChI=1S/C15H20N2O2/c1-11-3-2-4-13(9-11)16-15(18)19-14-10-17-7-5-12(14)6-8-17/h2-4,9,12,14H,5-8,10H2,1H3,(H,16,18)/t14-/m1/s1. The highest BCUT2D eigenvalue weighted by molar-refractivity contribution is 5.84. The van der Waals surface area contributed by atoms with Crippen LogP contribution in [0.5, 0.6) is 0 Å². The molecule has 1 aromatic carbocycles. The zero-order valence-electron chi connectivity index (χ0n) is 11.3. The average molecular weight is 260 g/mol. The Kier molecular flexibility index (Phi) is 3.42. The second-order valence-corrected chi connectivity index (χ2v) is 5.58. The van der Waals surface area contributed by atoms with Crippen LogP contribution in [0.25, 0.3) is 0 Å². The molecule has 0 aliphatic carbocycles. The Morgan fingerprint density at radius 3 is 2.79 bits per heavy atom. The van der Waals surface area contributed by atoms with Gasteiger partial charge < -0.3 is 4.74 Å². The van der Waals surface area contributed by atoms with Gasteiger partial charge in [-0.3, -0.25) is 10.2 Å². The Morgan fingerprint density at radius 1 is 1.37 bits per heavy atom. The van der Waals surface area contributed by atoms with E-state index in [0.29, 0.717) is 5.92 Å². The molecule has 3 fully saturated rings. The lowest BCUT2D eigenvalue weighted by Gasteiger charge is -2.43. The molecule has 3 aliphatic heterocycles. The minimum atomic E-state index is -0.329. The molecule has 1 N–H and O–H groups in total. The fraction of sp³-hybridized carbons (Fsp3) is 0.533. The van der Waals surface area contributed by atoms with Crippen molar-refractivity contribution in [3.8, 4) is 0 Å². The van der Waals surface area contributed by atoms with E-state index in [1.807, 2.05) is 31.2 Å². The van der Waals surface area contributed by atoms with Crippen LogP contribution in [0.3, 0.4) is 0 Å². The van der Waals surface area contributed by atoms with Crippen molar-refractivity contribution in [2.24, 2.45) is 5.92 Å². The summed E-state index contributed by atoms with van der Waals surface area (Å²) in [5.41, 5.74) is 1.92. The van der Waals surface area contributed by atoms with E-state index >= 15 is 0 Å². The minimum absolute atomic E-state index is 0.0623. The van der Waals surface area contributed by atoms with Crippen molar-refractivity contribution in [2.45, 2.75) is 25.9 Å². The van der Waals surface area contributed by atoms with Crippen LogP contribution in [0, 0.1) is 12.8 Å². The Balaban J connectivity index is 1.57. The molecule has 0 saturated carbocycles. The zero-order valence-corrected chi connectivity index (χ0v) is 11.3. The van der Waals surface area contributed by atoms with Gasteiger partial charge >= 0.3 is 6.09 Å². The van der Waals surface area contributed by atoms with Gasteiger partial charge in [0.25, 0.3) is 0 Å². The number of hydrogen-bond donors (Lipinski definition) is 1. The molecule has 3 aliphatic rings. The van der Waals surface area contributed by atoms with Crippen LogP contribution < -0.4 is 5.32 Å². The molecule has 19 heavy (non-hydrogen) atoms. The molecule has 0 aromatic heterocycles. The summed E-state index contributed by atoms with van der Waals surface area (Å²) in [6, 6.07) is 7.76. The van der Waals surface area contributed by atoms with Crippen LogP contribution in [-0.2, 0) is 4.74 Å². The van der Waals surface area contributed by atoms with Crippen molar-refractivity contribution in [3.05, 3.63) is 29.8 Å². The second-order valence-electron chi connectivity index (χ2n) is 5.58. The topological polar surface area (TPSA) is 41.6 Å². The molecular formula is C15H20N2O2. The van der Waals surface area contributed by atoms with E-state index in [4.69, 9.17) is 4.74 Å². The van der Waals surface area contributed by atoms with E-state index < -0.39 is 0 Å². The highest BCUT2D eigenvalue weighted by Gasteiger charge is 2.36. The van der Waals surface area contributed by atoms with Gasteiger partial charge in [0.15, 0.2) is 0 Å². The van der Waals surface area contributed by atoms with Gasteiger partial charge in [0.1, 0.15) is 6.10 Å². The predicted octanol–water partition coefficient (Wildman–Crippen LogP) is 2.64. The summed E-state index contributed by atoms with van der Waals surface area (Å²) in [6.45, 7) is 5.21.